The Kier molecular flexibility index (Phi) is 3.51. The Morgan fingerprint density at radius 1 is 1.16 bits per heavy atom. The number of carbonyl (C=O) groups is 1. The van der Waals surface area contributed by atoms with Crippen molar-refractivity contribution < 1.29 is 19.0 Å². The van der Waals surface area contributed by atoms with Crippen LogP contribution in [0.15, 0.2) is 36.4 Å². The molecule has 0 bridgehead atoms. The number of ether oxygens (including phenoxy) is 1. The average Bonchev–Trinajstić information content (AvgIpc) is 2.36. The summed E-state index contributed by atoms with van der Waals surface area (Å²) < 4.78 is 18.3. The second kappa shape index (κ2) is 5.10. The second-order valence-corrected chi connectivity index (χ2v) is 4.24. The van der Waals surface area contributed by atoms with Crippen LogP contribution < -0.4 is 0 Å². The van der Waals surface area contributed by atoms with Crippen LogP contribution in [0.5, 0.6) is 5.75 Å². The van der Waals surface area contributed by atoms with Crippen molar-refractivity contribution in [2.75, 3.05) is 7.11 Å². The third-order valence-electron chi connectivity index (χ3n) is 2.77. The summed E-state index contributed by atoms with van der Waals surface area (Å²) in [7, 11) is 1.20. The van der Waals surface area contributed by atoms with E-state index in [4.69, 9.17) is 0 Å². The third kappa shape index (κ3) is 2.73. The molecule has 0 aliphatic rings. The van der Waals surface area contributed by atoms with Crippen LogP contribution in [0.1, 0.15) is 15.9 Å². The van der Waals surface area contributed by atoms with Crippen molar-refractivity contribution in [2.24, 2.45) is 0 Å². The molecule has 19 heavy (non-hydrogen) atoms. The lowest BCUT2D eigenvalue weighted by molar-refractivity contribution is 0.0595. The monoisotopic (exact) mass is 260 g/mol. The summed E-state index contributed by atoms with van der Waals surface area (Å²) in [6, 6.07) is 9.22. The molecule has 0 radical (unpaired) electrons. The topological polar surface area (TPSA) is 46.5 Å². The van der Waals surface area contributed by atoms with Gasteiger partial charge in [-0.2, -0.15) is 0 Å². The number of aromatic hydroxyl groups is 1. The van der Waals surface area contributed by atoms with Crippen LogP contribution in [-0.2, 0) is 4.74 Å². The number of aryl methyl sites for hydroxylation is 1. The van der Waals surface area contributed by atoms with Gasteiger partial charge in [-0.1, -0.05) is 12.1 Å². The van der Waals surface area contributed by atoms with Crippen molar-refractivity contribution in [2.45, 2.75) is 6.92 Å². The SMILES string of the molecule is COC(=O)c1ccc(-c2cc(C)cc(O)c2)cc1F. The van der Waals surface area contributed by atoms with E-state index in [1.54, 1.807) is 18.2 Å². The Hall–Kier alpha value is -2.36. The van der Waals surface area contributed by atoms with E-state index in [-0.39, 0.29) is 11.3 Å². The molecule has 0 saturated heterocycles. The van der Waals surface area contributed by atoms with Crippen LogP contribution >= 0.6 is 0 Å². The van der Waals surface area contributed by atoms with Crippen molar-refractivity contribution in [1.29, 1.82) is 0 Å². The molecule has 0 atom stereocenters. The molecule has 0 fully saturated rings. The van der Waals surface area contributed by atoms with Gasteiger partial charge in [0.2, 0.25) is 0 Å². The number of esters is 1. The fraction of sp³-hybridized carbons (Fsp3) is 0.133. The summed E-state index contributed by atoms with van der Waals surface area (Å²) in [6.07, 6.45) is 0. The quantitative estimate of drug-likeness (QED) is 0.843. The minimum absolute atomic E-state index is 0.108. The first-order chi connectivity index (χ1) is 9.01. The van der Waals surface area contributed by atoms with E-state index >= 15 is 0 Å². The molecular formula is C15H13FO3. The Morgan fingerprint density at radius 2 is 1.89 bits per heavy atom. The molecule has 0 heterocycles. The van der Waals surface area contributed by atoms with Gasteiger partial charge in [-0.05, 0) is 47.9 Å². The first kappa shape index (κ1) is 13.1. The zero-order valence-electron chi connectivity index (χ0n) is 10.6. The third-order valence-corrected chi connectivity index (χ3v) is 2.77. The van der Waals surface area contributed by atoms with E-state index in [2.05, 4.69) is 4.74 Å². The fourth-order valence-electron chi connectivity index (χ4n) is 1.90. The van der Waals surface area contributed by atoms with Gasteiger partial charge in [0.05, 0.1) is 12.7 Å². The summed E-state index contributed by atoms with van der Waals surface area (Å²) in [5.74, 6) is -1.24. The maximum absolute atomic E-state index is 13.8. The molecule has 0 saturated carbocycles. The number of hydrogen-bond donors (Lipinski definition) is 1. The maximum Gasteiger partial charge on any atom is 0.340 e. The van der Waals surface area contributed by atoms with Gasteiger partial charge in [-0.3, -0.25) is 0 Å². The second-order valence-electron chi connectivity index (χ2n) is 4.24. The van der Waals surface area contributed by atoms with Gasteiger partial charge < -0.3 is 9.84 Å². The van der Waals surface area contributed by atoms with Crippen molar-refractivity contribution >= 4 is 5.97 Å². The molecule has 3 nitrogen and oxygen atoms in total. The molecule has 0 aliphatic heterocycles. The van der Waals surface area contributed by atoms with E-state index in [1.807, 2.05) is 13.0 Å². The van der Waals surface area contributed by atoms with E-state index < -0.39 is 11.8 Å². The first-order valence-electron chi connectivity index (χ1n) is 5.70. The van der Waals surface area contributed by atoms with Crippen molar-refractivity contribution in [3.05, 3.63) is 53.3 Å². The Morgan fingerprint density at radius 3 is 2.47 bits per heavy atom. The van der Waals surface area contributed by atoms with Crippen LogP contribution in [0.2, 0.25) is 0 Å². The minimum Gasteiger partial charge on any atom is -0.508 e. The molecule has 98 valence electrons. The smallest absolute Gasteiger partial charge is 0.340 e. The summed E-state index contributed by atoms with van der Waals surface area (Å²) in [5.41, 5.74) is 2.03. The summed E-state index contributed by atoms with van der Waals surface area (Å²) >= 11 is 0. The Bertz CT molecular complexity index is 615. The van der Waals surface area contributed by atoms with Crippen LogP contribution in [0.25, 0.3) is 11.1 Å². The number of phenols is 1. The Balaban J connectivity index is 2.47. The summed E-state index contributed by atoms with van der Waals surface area (Å²) in [4.78, 5) is 11.3. The lowest BCUT2D eigenvalue weighted by atomic mass is 10.0. The number of carbonyl (C=O) groups excluding carboxylic acids is 1. The van der Waals surface area contributed by atoms with E-state index in [0.717, 1.165) is 5.56 Å². The van der Waals surface area contributed by atoms with Gasteiger partial charge in [0, 0.05) is 0 Å². The predicted molar refractivity (Wildman–Crippen MR) is 69.6 cm³/mol. The predicted octanol–water partition coefficient (Wildman–Crippen LogP) is 3.29. The van der Waals surface area contributed by atoms with Crippen LogP contribution in [-0.4, -0.2) is 18.2 Å². The van der Waals surface area contributed by atoms with Gasteiger partial charge in [-0.15, -0.1) is 0 Å². The van der Waals surface area contributed by atoms with Crippen molar-refractivity contribution in [3.8, 4) is 16.9 Å². The number of methoxy groups -OCH3 is 1. The normalized spacial score (nSPS) is 10.3. The molecule has 2 aromatic carbocycles. The van der Waals surface area contributed by atoms with Crippen molar-refractivity contribution in [1.82, 2.24) is 0 Å². The highest BCUT2D eigenvalue weighted by atomic mass is 19.1. The number of hydrogen-bond acceptors (Lipinski definition) is 3. The average molecular weight is 260 g/mol. The minimum atomic E-state index is -0.712. The largest absolute Gasteiger partial charge is 0.508 e. The van der Waals surface area contributed by atoms with E-state index in [0.29, 0.717) is 11.1 Å². The van der Waals surface area contributed by atoms with Crippen molar-refractivity contribution in [3.63, 3.8) is 0 Å². The van der Waals surface area contributed by atoms with Crippen LogP contribution in [0.3, 0.4) is 0 Å². The highest BCUT2D eigenvalue weighted by Crippen LogP contribution is 2.26. The van der Waals surface area contributed by atoms with Gasteiger partial charge in [-0.25, -0.2) is 9.18 Å². The number of benzene rings is 2. The molecule has 0 unspecified atom stereocenters. The molecular weight excluding hydrogens is 247 g/mol. The van der Waals surface area contributed by atoms with Gasteiger partial charge >= 0.3 is 5.97 Å². The molecule has 2 aromatic rings. The highest BCUT2D eigenvalue weighted by molar-refractivity contribution is 5.90. The standard InChI is InChI=1S/C15H13FO3/c1-9-5-11(7-12(17)6-9)10-3-4-13(14(16)8-10)15(18)19-2/h3-8,17H,1-2H3. The molecule has 2 rings (SSSR count). The lowest BCUT2D eigenvalue weighted by Crippen LogP contribution is -2.04. The lowest BCUT2D eigenvalue weighted by Gasteiger charge is -2.07. The Labute approximate surface area is 110 Å². The molecule has 0 spiro atoms. The zero-order chi connectivity index (χ0) is 14.0. The summed E-state index contributed by atoms with van der Waals surface area (Å²) in [5, 5.41) is 9.54. The van der Waals surface area contributed by atoms with Crippen LogP contribution in [0.4, 0.5) is 4.39 Å². The van der Waals surface area contributed by atoms with Gasteiger partial charge in [0.1, 0.15) is 11.6 Å². The van der Waals surface area contributed by atoms with Gasteiger partial charge in [0.25, 0.3) is 0 Å². The molecule has 0 aromatic heterocycles. The number of halogens is 1. The molecule has 0 amide bonds. The highest BCUT2D eigenvalue weighted by Gasteiger charge is 2.13. The van der Waals surface area contributed by atoms with E-state index in [1.165, 1.54) is 19.2 Å². The maximum atomic E-state index is 13.8. The van der Waals surface area contributed by atoms with Gasteiger partial charge in [0.15, 0.2) is 0 Å². The molecule has 1 N–H and O–H groups in total. The number of phenolic OH excluding ortho intramolecular Hbond substituents is 1. The van der Waals surface area contributed by atoms with E-state index in [9.17, 15) is 14.3 Å². The number of rotatable bonds is 2. The summed E-state index contributed by atoms with van der Waals surface area (Å²) in [6.45, 7) is 1.84. The van der Waals surface area contributed by atoms with Crippen LogP contribution in [0, 0.1) is 12.7 Å². The fourth-order valence-corrected chi connectivity index (χ4v) is 1.90. The molecule has 0 aliphatic carbocycles. The zero-order valence-corrected chi connectivity index (χ0v) is 10.6. The first-order valence-corrected chi connectivity index (χ1v) is 5.70. The molecule has 4 heteroatoms.